The van der Waals surface area contributed by atoms with Gasteiger partial charge in [0.05, 0.1) is 15.1 Å². The van der Waals surface area contributed by atoms with Crippen molar-refractivity contribution in [3.05, 3.63) is 19.4 Å². The second kappa shape index (κ2) is 5.52. The number of fused-ring (bicyclic) bond motifs is 1. The van der Waals surface area contributed by atoms with Gasteiger partial charge >= 0.3 is 0 Å². The maximum Gasteiger partial charge on any atom is 0.0973 e. The van der Waals surface area contributed by atoms with Gasteiger partial charge < -0.3 is 15.5 Å². The summed E-state index contributed by atoms with van der Waals surface area (Å²) >= 11 is 4.23. The molecule has 0 aliphatic heterocycles. The third kappa shape index (κ3) is 3.41. The Morgan fingerprint density at radius 2 is 2.41 bits per heavy atom. The molecular weight excluding hydrogens is 349 g/mol. The highest BCUT2D eigenvalue weighted by Gasteiger charge is 2.25. The molecule has 3 nitrogen and oxygen atoms in total. The molecule has 2 rings (SSSR count). The minimum absolute atomic E-state index is 0.208. The highest BCUT2D eigenvalue weighted by Crippen LogP contribution is 2.36. The number of thiophene rings is 1. The van der Waals surface area contributed by atoms with Crippen molar-refractivity contribution >= 4 is 33.9 Å². The van der Waals surface area contributed by atoms with Crippen molar-refractivity contribution in [2.24, 2.45) is 0 Å². The first-order chi connectivity index (χ1) is 8.02. The van der Waals surface area contributed by atoms with Crippen LogP contribution >= 0.6 is 33.9 Å². The van der Waals surface area contributed by atoms with E-state index in [-0.39, 0.29) is 6.61 Å². The van der Waals surface area contributed by atoms with Crippen LogP contribution in [0.4, 0.5) is 0 Å². The minimum atomic E-state index is -1.03. The molecule has 0 saturated carbocycles. The molecule has 0 fully saturated rings. The first-order valence-electron chi connectivity index (χ1n) is 5.86. The van der Waals surface area contributed by atoms with Crippen LogP contribution in [0, 0.1) is 2.88 Å². The molecule has 3 N–H and O–H groups in total. The third-order valence-electron chi connectivity index (χ3n) is 3.15. The maximum absolute atomic E-state index is 9.80. The van der Waals surface area contributed by atoms with Crippen LogP contribution < -0.4 is 5.32 Å². The molecule has 2 atom stereocenters. The number of hydrogen-bond donors (Lipinski definition) is 3. The molecule has 96 valence electrons. The van der Waals surface area contributed by atoms with Crippen LogP contribution in [0.2, 0.25) is 0 Å². The Labute approximate surface area is 119 Å². The predicted molar refractivity (Wildman–Crippen MR) is 78.4 cm³/mol. The van der Waals surface area contributed by atoms with Gasteiger partial charge in [-0.3, -0.25) is 0 Å². The lowest BCUT2D eigenvalue weighted by Crippen LogP contribution is -2.42. The SMILES string of the molecule is CC(O)(CO)CNC1CCCc2sc(I)cc21. The van der Waals surface area contributed by atoms with Crippen molar-refractivity contribution in [1.29, 1.82) is 0 Å². The van der Waals surface area contributed by atoms with Crippen molar-refractivity contribution in [1.82, 2.24) is 5.32 Å². The Morgan fingerprint density at radius 3 is 3.12 bits per heavy atom. The van der Waals surface area contributed by atoms with Gasteiger partial charge in [-0.2, -0.15) is 0 Å². The first-order valence-corrected chi connectivity index (χ1v) is 7.76. The number of hydrogen-bond acceptors (Lipinski definition) is 4. The largest absolute Gasteiger partial charge is 0.393 e. The molecule has 0 aromatic carbocycles. The van der Waals surface area contributed by atoms with E-state index < -0.39 is 5.60 Å². The fraction of sp³-hybridized carbons (Fsp3) is 0.667. The third-order valence-corrected chi connectivity index (χ3v) is 5.12. The molecule has 0 bridgehead atoms. The molecular formula is C12H18INO2S. The van der Waals surface area contributed by atoms with Gasteiger partial charge in [0.1, 0.15) is 0 Å². The summed E-state index contributed by atoms with van der Waals surface area (Å²) in [6.07, 6.45) is 3.49. The topological polar surface area (TPSA) is 52.5 Å². The summed E-state index contributed by atoms with van der Waals surface area (Å²) in [6.45, 7) is 1.88. The van der Waals surface area contributed by atoms with Gasteiger partial charge in [0.15, 0.2) is 0 Å². The molecule has 0 radical (unpaired) electrons. The number of aryl methyl sites for hydroxylation is 1. The number of aliphatic hydroxyl groups excluding tert-OH is 1. The van der Waals surface area contributed by atoms with Crippen molar-refractivity contribution < 1.29 is 10.2 Å². The van der Waals surface area contributed by atoms with Crippen molar-refractivity contribution in [3.63, 3.8) is 0 Å². The van der Waals surface area contributed by atoms with E-state index in [2.05, 4.69) is 34.0 Å². The molecule has 17 heavy (non-hydrogen) atoms. The van der Waals surface area contributed by atoms with E-state index in [0.29, 0.717) is 12.6 Å². The summed E-state index contributed by atoms with van der Waals surface area (Å²) in [5.74, 6) is 0. The summed E-state index contributed by atoms with van der Waals surface area (Å²) in [5.41, 5.74) is 0.361. The Morgan fingerprint density at radius 1 is 1.65 bits per heavy atom. The van der Waals surface area contributed by atoms with E-state index in [1.807, 2.05) is 11.3 Å². The second-order valence-corrected chi connectivity index (χ2v) is 7.94. The van der Waals surface area contributed by atoms with Crippen LogP contribution in [0.5, 0.6) is 0 Å². The van der Waals surface area contributed by atoms with Crippen molar-refractivity contribution in [3.8, 4) is 0 Å². The number of aliphatic hydroxyl groups is 2. The summed E-state index contributed by atoms with van der Waals surface area (Å²) in [7, 11) is 0. The molecule has 5 heteroatoms. The number of halogens is 1. The molecule has 1 aliphatic rings. The maximum atomic E-state index is 9.80. The predicted octanol–water partition coefficient (Wildman–Crippen LogP) is 2.06. The quantitative estimate of drug-likeness (QED) is 0.715. The zero-order chi connectivity index (χ0) is 12.5. The van der Waals surface area contributed by atoms with Gasteiger partial charge in [0.25, 0.3) is 0 Å². The smallest absolute Gasteiger partial charge is 0.0973 e. The van der Waals surface area contributed by atoms with Crippen LogP contribution in [-0.2, 0) is 6.42 Å². The number of nitrogens with one attached hydrogen (secondary N) is 1. The normalized spacial score (nSPS) is 23.2. The van der Waals surface area contributed by atoms with Gasteiger partial charge in [-0.15, -0.1) is 11.3 Å². The standard InChI is InChI=1S/C12H18INO2S/c1-12(16,7-15)6-14-9-3-2-4-10-8(9)5-11(13)17-10/h5,9,14-16H,2-4,6-7H2,1H3. The number of rotatable bonds is 4. The van der Waals surface area contributed by atoms with Crippen LogP contribution in [0.3, 0.4) is 0 Å². The van der Waals surface area contributed by atoms with Crippen molar-refractivity contribution in [2.45, 2.75) is 37.8 Å². The first kappa shape index (κ1) is 13.7. The Hall–Kier alpha value is 0.310. The highest BCUT2D eigenvalue weighted by molar-refractivity contribution is 14.1. The lowest BCUT2D eigenvalue weighted by Gasteiger charge is -2.28. The fourth-order valence-corrected chi connectivity index (χ4v) is 4.25. The monoisotopic (exact) mass is 367 g/mol. The molecule has 1 heterocycles. The zero-order valence-corrected chi connectivity index (χ0v) is 12.8. The van der Waals surface area contributed by atoms with Gasteiger partial charge in [-0.1, -0.05) is 0 Å². The van der Waals surface area contributed by atoms with Crippen LogP contribution in [0.25, 0.3) is 0 Å². The summed E-state index contributed by atoms with van der Waals surface area (Å²) in [4.78, 5) is 1.47. The molecule has 1 aromatic rings. The lowest BCUT2D eigenvalue weighted by atomic mass is 9.93. The van der Waals surface area contributed by atoms with Gasteiger partial charge in [-0.25, -0.2) is 0 Å². The Kier molecular flexibility index (Phi) is 4.46. The van der Waals surface area contributed by atoms with E-state index >= 15 is 0 Å². The van der Waals surface area contributed by atoms with E-state index in [0.717, 1.165) is 6.42 Å². The van der Waals surface area contributed by atoms with E-state index in [1.54, 1.807) is 6.92 Å². The van der Waals surface area contributed by atoms with Gasteiger partial charge in [0.2, 0.25) is 0 Å². The molecule has 0 spiro atoms. The molecule has 1 aliphatic carbocycles. The molecule has 0 amide bonds. The average Bonchev–Trinajstić information content (AvgIpc) is 2.67. The molecule has 2 unspecified atom stereocenters. The van der Waals surface area contributed by atoms with Gasteiger partial charge in [-0.05, 0) is 60.4 Å². The van der Waals surface area contributed by atoms with Crippen LogP contribution in [0.1, 0.15) is 36.2 Å². The summed E-state index contributed by atoms with van der Waals surface area (Å²) < 4.78 is 1.33. The fourth-order valence-electron chi connectivity index (χ4n) is 2.13. The average molecular weight is 367 g/mol. The van der Waals surface area contributed by atoms with Gasteiger partial charge in [0, 0.05) is 17.5 Å². The van der Waals surface area contributed by atoms with Crippen molar-refractivity contribution in [2.75, 3.05) is 13.2 Å². The lowest BCUT2D eigenvalue weighted by molar-refractivity contribution is 0.000322. The Balaban J connectivity index is 2.03. The molecule has 1 aromatic heterocycles. The minimum Gasteiger partial charge on any atom is -0.393 e. The second-order valence-electron chi connectivity index (χ2n) is 4.91. The van der Waals surface area contributed by atoms with E-state index in [1.165, 1.54) is 26.2 Å². The summed E-state index contributed by atoms with van der Waals surface area (Å²) in [6, 6.07) is 2.57. The van der Waals surface area contributed by atoms with E-state index in [9.17, 15) is 5.11 Å². The highest BCUT2D eigenvalue weighted by atomic mass is 127. The zero-order valence-electron chi connectivity index (χ0n) is 9.87. The van der Waals surface area contributed by atoms with E-state index in [4.69, 9.17) is 5.11 Å². The van der Waals surface area contributed by atoms with Crippen LogP contribution in [-0.4, -0.2) is 29.0 Å². The Bertz CT molecular complexity index is 392. The van der Waals surface area contributed by atoms with Crippen LogP contribution in [0.15, 0.2) is 6.07 Å². The molecule has 0 saturated heterocycles. The summed E-state index contributed by atoms with van der Waals surface area (Å²) in [5, 5.41) is 22.2.